The van der Waals surface area contributed by atoms with Crippen LogP contribution in [0.5, 0.6) is 0 Å². The van der Waals surface area contributed by atoms with Crippen molar-refractivity contribution in [2.75, 3.05) is 32.7 Å². The highest BCUT2D eigenvalue weighted by molar-refractivity contribution is 5.99. The van der Waals surface area contributed by atoms with Crippen molar-refractivity contribution in [3.05, 3.63) is 23.3 Å². The van der Waals surface area contributed by atoms with Gasteiger partial charge in [0.15, 0.2) is 0 Å². The van der Waals surface area contributed by atoms with Crippen molar-refractivity contribution in [1.29, 1.82) is 0 Å². The zero-order valence-electron chi connectivity index (χ0n) is 13.5. The van der Waals surface area contributed by atoms with E-state index < -0.39 is 23.1 Å². The van der Waals surface area contributed by atoms with E-state index in [1.54, 1.807) is 11.8 Å². The highest BCUT2D eigenvalue weighted by Crippen LogP contribution is 2.46. The van der Waals surface area contributed by atoms with E-state index in [9.17, 15) is 22.8 Å². The first-order valence-corrected chi connectivity index (χ1v) is 7.62. The number of rotatable bonds is 4. The third-order valence-corrected chi connectivity index (χ3v) is 4.55. The lowest BCUT2D eigenvalue weighted by Gasteiger charge is -2.42. The molecule has 1 fully saturated rings. The summed E-state index contributed by atoms with van der Waals surface area (Å²) in [7, 11) is 0. The second-order valence-electron chi connectivity index (χ2n) is 6.36. The number of carbonyl (C=O) groups excluding carboxylic acids is 2. The molecule has 0 aromatic heterocycles. The van der Waals surface area contributed by atoms with E-state index in [-0.39, 0.29) is 18.5 Å². The molecule has 0 aromatic carbocycles. The lowest BCUT2D eigenvalue weighted by molar-refractivity contribution is -0.120. The molecule has 0 N–H and O–H groups in total. The minimum absolute atomic E-state index is 0.0689. The van der Waals surface area contributed by atoms with Gasteiger partial charge in [-0.1, -0.05) is 13.0 Å². The third-order valence-electron chi connectivity index (χ3n) is 4.55. The molecule has 1 unspecified atom stereocenters. The van der Waals surface area contributed by atoms with Crippen LogP contribution >= 0.6 is 0 Å². The number of hydrogen-bond acceptors (Lipinski definition) is 3. The molecular formula is C16H20F3N3O2. The Hall–Kier alpha value is -1.96. The SMILES string of the molecule is C=NC(=O)C1=CCC(C)(CN2CCN(C=O)CC2)C(C(F)(F)F)=C1. The Morgan fingerprint density at radius 3 is 2.50 bits per heavy atom. The monoisotopic (exact) mass is 343 g/mol. The fourth-order valence-corrected chi connectivity index (χ4v) is 3.17. The van der Waals surface area contributed by atoms with Gasteiger partial charge in [-0.25, -0.2) is 4.99 Å². The molecule has 0 spiro atoms. The van der Waals surface area contributed by atoms with E-state index in [2.05, 4.69) is 11.7 Å². The van der Waals surface area contributed by atoms with Gasteiger partial charge in [-0.15, -0.1) is 0 Å². The first-order chi connectivity index (χ1) is 11.2. The molecule has 1 saturated heterocycles. The summed E-state index contributed by atoms with van der Waals surface area (Å²) in [6, 6.07) is 0. The van der Waals surface area contributed by atoms with Crippen molar-refractivity contribution < 1.29 is 22.8 Å². The molecule has 1 heterocycles. The van der Waals surface area contributed by atoms with Crippen LogP contribution in [-0.2, 0) is 9.59 Å². The molecule has 0 saturated carbocycles. The number of hydrogen-bond donors (Lipinski definition) is 0. The molecular weight excluding hydrogens is 323 g/mol. The van der Waals surface area contributed by atoms with Crippen LogP contribution in [0.25, 0.3) is 0 Å². The largest absolute Gasteiger partial charge is 0.413 e. The maximum Gasteiger partial charge on any atom is 0.413 e. The number of halogens is 3. The maximum absolute atomic E-state index is 13.5. The molecule has 2 amide bonds. The summed E-state index contributed by atoms with van der Waals surface area (Å²) in [6.07, 6.45) is -1.29. The first-order valence-electron chi connectivity index (χ1n) is 7.62. The fraction of sp³-hybridized carbons (Fsp3) is 0.562. The Morgan fingerprint density at radius 1 is 1.38 bits per heavy atom. The average molecular weight is 343 g/mol. The molecule has 132 valence electrons. The van der Waals surface area contributed by atoms with Gasteiger partial charge in [0, 0.05) is 49.3 Å². The average Bonchev–Trinajstić information content (AvgIpc) is 2.54. The summed E-state index contributed by atoms with van der Waals surface area (Å²) in [5.74, 6) is -0.751. The second-order valence-corrected chi connectivity index (χ2v) is 6.36. The van der Waals surface area contributed by atoms with Crippen LogP contribution < -0.4 is 0 Å². The molecule has 2 rings (SSSR count). The van der Waals surface area contributed by atoms with Gasteiger partial charge in [-0.2, -0.15) is 13.2 Å². The van der Waals surface area contributed by atoms with Gasteiger partial charge in [0.2, 0.25) is 6.41 Å². The van der Waals surface area contributed by atoms with Crippen molar-refractivity contribution in [3.63, 3.8) is 0 Å². The lowest BCUT2D eigenvalue weighted by atomic mass is 9.73. The van der Waals surface area contributed by atoms with Gasteiger partial charge in [0.25, 0.3) is 5.91 Å². The number of carbonyl (C=O) groups is 2. The highest BCUT2D eigenvalue weighted by atomic mass is 19.4. The Balaban J connectivity index is 2.20. The van der Waals surface area contributed by atoms with Crippen LogP contribution in [0, 0.1) is 5.41 Å². The van der Waals surface area contributed by atoms with Crippen LogP contribution in [0.3, 0.4) is 0 Å². The van der Waals surface area contributed by atoms with Gasteiger partial charge in [-0.05, 0) is 19.2 Å². The van der Waals surface area contributed by atoms with E-state index in [0.29, 0.717) is 26.2 Å². The summed E-state index contributed by atoms with van der Waals surface area (Å²) < 4.78 is 40.6. The van der Waals surface area contributed by atoms with Gasteiger partial charge >= 0.3 is 6.18 Å². The summed E-state index contributed by atoms with van der Waals surface area (Å²) in [6.45, 7) is 6.91. The molecule has 24 heavy (non-hydrogen) atoms. The van der Waals surface area contributed by atoms with Gasteiger partial charge in [0.1, 0.15) is 0 Å². The predicted molar refractivity (Wildman–Crippen MR) is 83.6 cm³/mol. The van der Waals surface area contributed by atoms with Crippen LogP contribution in [0.2, 0.25) is 0 Å². The molecule has 0 aromatic rings. The molecule has 0 radical (unpaired) electrons. The zero-order chi connectivity index (χ0) is 18.0. The minimum Gasteiger partial charge on any atom is -0.343 e. The zero-order valence-corrected chi connectivity index (χ0v) is 13.5. The predicted octanol–water partition coefficient (Wildman–Crippen LogP) is 1.81. The fourth-order valence-electron chi connectivity index (χ4n) is 3.17. The highest BCUT2D eigenvalue weighted by Gasteiger charge is 2.47. The summed E-state index contributed by atoms with van der Waals surface area (Å²) in [5.41, 5.74) is -1.94. The molecule has 0 bridgehead atoms. The molecule has 2 aliphatic rings. The molecule has 8 heteroatoms. The quantitative estimate of drug-likeness (QED) is 0.578. The topological polar surface area (TPSA) is 53.0 Å². The summed E-state index contributed by atoms with van der Waals surface area (Å²) >= 11 is 0. The maximum atomic E-state index is 13.5. The van der Waals surface area contributed by atoms with Gasteiger partial charge < -0.3 is 4.90 Å². The normalized spacial score (nSPS) is 25.8. The Kier molecular flexibility index (Phi) is 5.27. The minimum atomic E-state index is -4.53. The second kappa shape index (κ2) is 6.88. The smallest absolute Gasteiger partial charge is 0.343 e. The molecule has 1 aliphatic heterocycles. The number of alkyl halides is 3. The lowest BCUT2D eigenvalue weighted by Crippen LogP contribution is -2.50. The first kappa shape index (κ1) is 18.4. The number of nitrogens with zero attached hydrogens (tertiary/aromatic N) is 3. The van der Waals surface area contributed by atoms with Gasteiger partial charge in [-0.3, -0.25) is 14.5 Å². The Bertz CT molecular complexity index is 590. The number of piperazine rings is 1. The van der Waals surface area contributed by atoms with Crippen molar-refractivity contribution in [1.82, 2.24) is 9.80 Å². The van der Waals surface area contributed by atoms with Crippen LogP contribution in [0.15, 0.2) is 28.3 Å². The standard InChI is InChI=1S/C16H20F3N3O2/c1-15(10-21-5-7-22(11-23)8-6-21)4-3-12(14(24)20-2)9-13(15)16(17,18)19/h3,9,11H,2,4-8,10H2,1H3. The van der Waals surface area contributed by atoms with E-state index in [1.165, 1.54) is 6.08 Å². The van der Waals surface area contributed by atoms with E-state index in [4.69, 9.17) is 0 Å². The van der Waals surface area contributed by atoms with Crippen molar-refractivity contribution in [2.24, 2.45) is 10.4 Å². The Morgan fingerprint density at radius 2 is 2.00 bits per heavy atom. The van der Waals surface area contributed by atoms with Crippen LogP contribution in [-0.4, -0.2) is 67.7 Å². The van der Waals surface area contributed by atoms with Crippen LogP contribution in [0.4, 0.5) is 13.2 Å². The molecule has 1 atom stereocenters. The van der Waals surface area contributed by atoms with Crippen LogP contribution in [0.1, 0.15) is 13.3 Å². The van der Waals surface area contributed by atoms with E-state index in [1.807, 2.05) is 4.90 Å². The summed E-state index contributed by atoms with van der Waals surface area (Å²) in [5, 5.41) is 0. The van der Waals surface area contributed by atoms with E-state index >= 15 is 0 Å². The van der Waals surface area contributed by atoms with Gasteiger partial charge in [0.05, 0.1) is 0 Å². The number of amides is 2. The van der Waals surface area contributed by atoms with Crippen molar-refractivity contribution >= 4 is 19.0 Å². The Labute approximate surface area is 138 Å². The van der Waals surface area contributed by atoms with Crippen molar-refractivity contribution in [3.8, 4) is 0 Å². The number of allylic oxidation sites excluding steroid dienone is 1. The van der Waals surface area contributed by atoms with E-state index in [0.717, 1.165) is 12.5 Å². The van der Waals surface area contributed by atoms with Crippen molar-refractivity contribution in [2.45, 2.75) is 19.5 Å². The molecule has 1 aliphatic carbocycles. The number of aliphatic imine (C=N–C) groups is 1. The molecule has 5 nitrogen and oxygen atoms in total. The summed E-state index contributed by atoms with van der Waals surface area (Å²) in [4.78, 5) is 29.0. The third kappa shape index (κ3) is 3.92.